The standard InChI is InChI=1S/C60H36N6/c61-36-47-56(38-18-17-35-62-37-38)58(64-50-29-11-3-21-41(50)42-22-4-12-30-51(42)64)60(66-54-33-15-7-25-45(54)46-26-8-16-34-55(46)66)59(65-52-31-13-5-23-43(52)44-24-6-14-32-53(44)65)57(47)63-48-27-9-1-19-39(48)40-20-2-10-28-49(40)63/h1-35,37H. The van der Waals surface area contributed by atoms with Crippen LogP contribution in [0.25, 0.3) is 121 Å². The zero-order chi connectivity index (χ0) is 43.5. The summed E-state index contributed by atoms with van der Waals surface area (Å²) in [5, 5.41) is 21.4. The Morgan fingerprint density at radius 1 is 0.303 bits per heavy atom. The molecule has 0 unspecified atom stereocenters. The van der Waals surface area contributed by atoms with Crippen molar-refractivity contribution in [2.24, 2.45) is 0 Å². The predicted molar refractivity (Wildman–Crippen MR) is 272 cm³/mol. The number of rotatable bonds is 5. The van der Waals surface area contributed by atoms with Crippen molar-refractivity contribution >= 4 is 87.2 Å². The van der Waals surface area contributed by atoms with E-state index in [2.05, 4.69) is 225 Å². The number of hydrogen-bond acceptors (Lipinski definition) is 2. The van der Waals surface area contributed by atoms with Crippen LogP contribution in [-0.2, 0) is 0 Å². The summed E-state index contributed by atoms with van der Waals surface area (Å²) in [4.78, 5) is 4.78. The van der Waals surface area contributed by atoms with E-state index >= 15 is 0 Å². The molecule has 0 saturated carbocycles. The van der Waals surface area contributed by atoms with Crippen molar-refractivity contribution in [2.45, 2.75) is 0 Å². The van der Waals surface area contributed by atoms with E-state index in [-0.39, 0.29) is 0 Å². The molecule has 0 radical (unpaired) electrons. The van der Waals surface area contributed by atoms with Gasteiger partial charge in [-0.1, -0.05) is 152 Å². The highest BCUT2D eigenvalue weighted by atomic mass is 15.1. The van der Waals surface area contributed by atoms with Crippen LogP contribution in [0.5, 0.6) is 0 Å². The van der Waals surface area contributed by atoms with E-state index in [9.17, 15) is 5.26 Å². The zero-order valence-corrected chi connectivity index (χ0v) is 35.5. The summed E-state index contributed by atoms with van der Waals surface area (Å²) in [5.41, 5.74) is 13.9. The van der Waals surface area contributed by atoms with Crippen LogP contribution in [-0.4, -0.2) is 23.3 Å². The van der Waals surface area contributed by atoms with Crippen molar-refractivity contribution in [3.63, 3.8) is 0 Å². The number of nitrogens with zero attached hydrogens (tertiary/aromatic N) is 6. The highest BCUT2D eigenvalue weighted by molar-refractivity contribution is 6.17. The predicted octanol–water partition coefficient (Wildman–Crippen LogP) is 15.0. The molecule has 0 N–H and O–H groups in total. The Kier molecular flexibility index (Phi) is 7.65. The van der Waals surface area contributed by atoms with Crippen molar-refractivity contribution in [1.29, 1.82) is 5.26 Å². The molecule has 0 aliphatic rings. The number of hydrogen-bond donors (Lipinski definition) is 0. The molecule has 0 fully saturated rings. The molecule has 0 bridgehead atoms. The third kappa shape index (κ3) is 4.86. The molecule has 9 aromatic carbocycles. The SMILES string of the molecule is N#Cc1c(-c2cccnc2)c(-n2c3ccccc3c3ccccc32)c(-n2c3ccccc3c3ccccc32)c(-n2c3ccccc3c3ccccc32)c1-n1c2ccccc2c2ccccc21. The lowest BCUT2D eigenvalue weighted by atomic mass is 9.93. The lowest BCUT2D eigenvalue weighted by Crippen LogP contribution is -2.16. The van der Waals surface area contributed by atoms with E-state index in [1.54, 1.807) is 0 Å². The second-order valence-corrected chi connectivity index (χ2v) is 17.0. The van der Waals surface area contributed by atoms with Crippen molar-refractivity contribution in [3.05, 3.63) is 224 Å². The number of nitriles is 1. The maximum atomic E-state index is 12.4. The molecule has 14 aromatic rings. The Balaban J connectivity index is 1.38. The largest absolute Gasteiger partial charge is 0.306 e. The molecule has 14 rings (SSSR count). The fourth-order valence-corrected chi connectivity index (χ4v) is 11.1. The van der Waals surface area contributed by atoms with Gasteiger partial charge in [-0.2, -0.15) is 5.26 Å². The molecule has 0 atom stereocenters. The Hall–Kier alpha value is -9.18. The third-order valence-corrected chi connectivity index (χ3v) is 13.7. The monoisotopic (exact) mass is 840 g/mol. The van der Waals surface area contributed by atoms with Gasteiger partial charge in [-0.25, -0.2) is 0 Å². The minimum atomic E-state index is 0.535. The summed E-state index contributed by atoms with van der Waals surface area (Å²) < 4.78 is 9.68. The van der Waals surface area contributed by atoms with E-state index in [0.29, 0.717) is 5.56 Å². The lowest BCUT2D eigenvalue weighted by molar-refractivity contribution is 1.02. The Bertz CT molecular complexity index is 4150. The van der Waals surface area contributed by atoms with Crippen LogP contribution < -0.4 is 0 Å². The first-order chi connectivity index (χ1) is 32.8. The van der Waals surface area contributed by atoms with E-state index in [1.807, 2.05) is 18.5 Å². The number of para-hydroxylation sites is 8. The van der Waals surface area contributed by atoms with Gasteiger partial charge in [-0.15, -0.1) is 0 Å². The molecule has 0 aliphatic carbocycles. The lowest BCUT2D eigenvalue weighted by Gasteiger charge is -2.29. The maximum absolute atomic E-state index is 12.4. The Morgan fingerprint density at radius 3 is 0.864 bits per heavy atom. The summed E-state index contributed by atoms with van der Waals surface area (Å²) in [6.45, 7) is 0. The van der Waals surface area contributed by atoms with Crippen LogP contribution in [0.2, 0.25) is 0 Å². The number of pyridine rings is 1. The van der Waals surface area contributed by atoms with Gasteiger partial charge < -0.3 is 18.3 Å². The quantitative estimate of drug-likeness (QED) is 0.173. The minimum Gasteiger partial charge on any atom is -0.306 e. The van der Waals surface area contributed by atoms with Crippen molar-refractivity contribution in [2.75, 3.05) is 0 Å². The molecular weight excluding hydrogens is 805 g/mol. The van der Waals surface area contributed by atoms with Gasteiger partial charge in [0.1, 0.15) is 6.07 Å². The number of fused-ring (bicyclic) bond motifs is 12. The van der Waals surface area contributed by atoms with Gasteiger partial charge >= 0.3 is 0 Å². The molecular formula is C60H36N6. The van der Waals surface area contributed by atoms with Gasteiger partial charge in [0.05, 0.1) is 72.4 Å². The average molecular weight is 841 g/mol. The van der Waals surface area contributed by atoms with Gasteiger partial charge in [-0.3, -0.25) is 4.98 Å². The summed E-state index contributed by atoms with van der Waals surface area (Å²) in [6, 6.07) is 76.4. The first-order valence-electron chi connectivity index (χ1n) is 22.3. The van der Waals surface area contributed by atoms with E-state index in [0.717, 1.165) is 121 Å². The van der Waals surface area contributed by atoms with Crippen LogP contribution in [0.4, 0.5) is 0 Å². The molecule has 5 heterocycles. The van der Waals surface area contributed by atoms with E-state index in [4.69, 9.17) is 4.98 Å². The van der Waals surface area contributed by atoms with Crippen molar-refractivity contribution in [1.82, 2.24) is 23.3 Å². The van der Waals surface area contributed by atoms with Crippen LogP contribution in [0, 0.1) is 11.3 Å². The molecule has 5 aromatic heterocycles. The summed E-state index contributed by atoms with van der Waals surface area (Å²) in [5.74, 6) is 0. The van der Waals surface area contributed by atoms with Gasteiger partial charge in [0.2, 0.25) is 0 Å². The molecule has 0 amide bonds. The first kappa shape index (κ1) is 36.3. The molecule has 6 heteroatoms. The summed E-state index contributed by atoms with van der Waals surface area (Å²) in [6.07, 6.45) is 3.73. The normalized spacial score (nSPS) is 11.9. The highest BCUT2D eigenvalue weighted by Gasteiger charge is 2.35. The van der Waals surface area contributed by atoms with Gasteiger partial charge in [0, 0.05) is 66.6 Å². The average Bonchev–Trinajstić information content (AvgIpc) is 4.11. The Morgan fingerprint density at radius 2 is 0.576 bits per heavy atom. The van der Waals surface area contributed by atoms with E-state index < -0.39 is 0 Å². The zero-order valence-electron chi connectivity index (χ0n) is 35.5. The number of aromatic nitrogens is 5. The van der Waals surface area contributed by atoms with Crippen molar-refractivity contribution in [3.8, 4) is 39.9 Å². The van der Waals surface area contributed by atoms with Crippen LogP contribution >= 0.6 is 0 Å². The smallest absolute Gasteiger partial charge is 0.102 e. The molecule has 306 valence electrons. The van der Waals surface area contributed by atoms with Gasteiger partial charge in [0.25, 0.3) is 0 Å². The number of benzene rings is 9. The van der Waals surface area contributed by atoms with Crippen molar-refractivity contribution < 1.29 is 0 Å². The Labute approximate surface area is 378 Å². The maximum Gasteiger partial charge on any atom is 0.102 e. The van der Waals surface area contributed by atoms with Crippen LogP contribution in [0.1, 0.15) is 5.56 Å². The second kappa shape index (κ2) is 13.9. The molecule has 0 saturated heterocycles. The molecule has 66 heavy (non-hydrogen) atoms. The fraction of sp³-hybridized carbons (Fsp3) is 0. The molecule has 0 aliphatic heterocycles. The summed E-state index contributed by atoms with van der Waals surface area (Å²) in [7, 11) is 0. The topological polar surface area (TPSA) is 56.4 Å². The van der Waals surface area contributed by atoms with E-state index in [1.165, 1.54) is 0 Å². The first-order valence-corrected chi connectivity index (χ1v) is 22.3. The van der Waals surface area contributed by atoms with Crippen LogP contribution in [0.3, 0.4) is 0 Å². The minimum absolute atomic E-state index is 0.535. The summed E-state index contributed by atoms with van der Waals surface area (Å²) >= 11 is 0. The van der Waals surface area contributed by atoms with Gasteiger partial charge in [-0.05, 0) is 54.6 Å². The molecule has 6 nitrogen and oxygen atoms in total. The molecule has 0 spiro atoms. The fourth-order valence-electron chi connectivity index (χ4n) is 11.1. The second-order valence-electron chi connectivity index (χ2n) is 17.0. The highest BCUT2D eigenvalue weighted by Crippen LogP contribution is 2.51. The van der Waals surface area contributed by atoms with Gasteiger partial charge in [0.15, 0.2) is 0 Å². The third-order valence-electron chi connectivity index (χ3n) is 13.7. The van der Waals surface area contributed by atoms with Crippen LogP contribution in [0.15, 0.2) is 219 Å².